The summed E-state index contributed by atoms with van der Waals surface area (Å²) in [7, 11) is 1.64. The zero-order chi connectivity index (χ0) is 9.42. The number of benzene rings is 1. The van der Waals surface area contributed by atoms with Crippen molar-refractivity contribution < 1.29 is 4.74 Å². The molecule has 0 N–H and O–H groups in total. The maximum Gasteiger partial charge on any atom is 0.150 e. The molecule has 0 unspecified atom stereocenters. The first kappa shape index (κ1) is 9.19. The van der Waals surface area contributed by atoms with E-state index >= 15 is 0 Å². The molecule has 1 aromatic heterocycles. The molecule has 2 aromatic rings. The van der Waals surface area contributed by atoms with Gasteiger partial charge in [-0.3, -0.25) is 0 Å². The summed E-state index contributed by atoms with van der Waals surface area (Å²) in [6.07, 6.45) is 0. The molecule has 1 aromatic carbocycles. The summed E-state index contributed by atoms with van der Waals surface area (Å²) in [6.45, 7) is 0. The lowest BCUT2D eigenvalue weighted by molar-refractivity contribution is 0.411. The largest absolute Gasteiger partial charge is 0.494 e. The fraction of sp³-hybridized carbons (Fsp3) is 0.111. The lowest BCUT2D eigenvalue weighted by atomic mass is 10.2. The van der Waals surface area contributed by atoms with Crippen LogP contribution in [0.2, 0.25) is 5.02 Å². The van der Waals surface area contributed by atoms with Crippen molar-refractivity contribution in [3.8, 4) is 5.75 Å². The molecule has 0 aliphatic heterocycles. The minimum Gasteiger partial charge on any atom is -0.494 e. The number of halogens is 1. The van der Waals surface area contributed by atoms with Gasteiger partial charge in [0.15, 0.2) is 0 Å². The number of rotatable bonds is 1. The van der Waals surface area contributed by atoms with Gasteiger partial charge in [-0.1, -0.05) is 11.6 Å². The summed E-state index contributed by atoms with van der Waals surface area (Å²) in [4.78, 5) is 0.780. The molecule has 1 heterocycles. The average molecular weight is 231 g/mol. The first-order valence-corrected chi connectivity index (χ1v) is 5.37. The van der Waals surface area contributed by atoms with Crippen LogP contribution in [0.3, 0.4) is 0 Å². The summed E-state index contributed by atoms with van der Waals surface area (Å²) in [5.41, 5.74) is 0. The third-order valence-corrected chi connectivity index (χ3v) is 3.39. The summed E-state index contributed by atoms with van der Waals surface area (Å²) < 4.78 is 6.30. The fourth-order valence-corrected chi connectivity index (χ4v) is 3.00. The molecule has 1 nitrogen and oxygen atoms in total. The van der Waals surface area contributed by atoms with E-state index in [4.69, 9.17) is 16.3 Å². The molecule has 0 saturated carbocycles. The monoisotopic (exact) mass is 230 g/mol. The zero-order valence-corrected chi connectivity index (χ0v) is 9.34. The zero-order valence-electron chi connectivity index (χ0n) is 6.87. The second-order valence-corrected chi connectivity index (χ2v) is 4.38. The van der Waals surface area contributed by atoms with E-state index in [9.17, 15) is 0 Å². The van der Waals surface area contributed by atoms with Crippen molar-refractivity contribution >= 4 is 45.7 Å². The lowest BCUT2D eigenvalue weighted by Gasteiger charge is -2.05. The molecule has 0 amide bonds. The van der Waals surface area contributed by atoms with Crippen LogP contribution in [0.5, 0.6) is 5.75 Å². The highest BCUT2D eigenvalue weighted by atomic mass is 35.5. The van der Waals surface area contributed by atoms with Gasteiger partial charge in [-0.2, -0.15) is 0 Å². The van der Waals surface area contributed by atoms with E-state index in [0.29, 0.717) is 0 Å². The summed E-state index contributed by atoms with van der Waals surface area (Å²) >= 11 is 11.9. The van der Waals surface area contributed by atoms with Crippen LogP contribution < -0.4 is 4.74 Å². The first-order valence-electron chi connectivity index (χ1n) is 3.66. The van der Waals surface area contributed by atoms with E-state index in [1.807, 2.05) is 11.4 Å². The molecule has 68 valence electrons. The van der Waals surface area contributed by atoms with E-state index in [0.717, 1.165) is 25.8 Å². The molecule has 0 saturated heterocycles. The minimum atomic E-state index is 0.724. The maximum absolute atomic E-state index is 6.03. The van der Waals surface area contributed by atoms with Crippen LogP contribution in [0.25, 0.3) is 10.1 Å². The molecule has 0 bridgehead atoms. The normalized spacial score (nSPS) is 10.7. The average Bonchev–Trinajstić information content (AvgIpc) is 2.53. The smallest absolute Gasteiger partial charge is 0.150 e. The Balaban J connectivity index is 2.88. The topological polar surface area (TPSA) is 9.23 Å². The summed E-state index contributed by atoms with van der Waals surface area (Å²) in [5.74, 6) is 0.803. The number of ether oxygens (including phenoxy) is 1. The van der Waals surface area contributed by atoms with Gasteiger partial charge < -0.3 is 4.74 Å². The Kier molecular flexibility index (Phi) is 2.41. The number of hydrogen-bond donors (Lipinski definition) is 1. The number of thiophene rings is 1. The van der Waals surface area contributed by atoms with E-state index < -0.39 is 0 Å². The van der Waals surface area contributed by atoms with Crippen molar-refractivity contribution in [2.75, 3.05) is 7.11 Å². The van der Waals surface area contributed by atoms with Gasteiger partial charge >= 0.3 is 0 Å². The Morgan fingerprint density at radius 3 is 3.00 bits per heavy atom. The molecule has 0 fully saturated rings. The SMILES string of the molecule is COc1c(S)cc(Cl)c2ccsc12. The molecule has 2 rings (SSSR count). The highest BCUT2D eigenvalue weighted by molar-refractivity contribution is 7.80. The Morgan fingerprint density at radius 2 is 2.31 bits per heavy atom. The first-order chi connectivity index (χ1) is 6.24. The minimum absolute atomic E-state index is 0.724. The predicted molar refractivity (Wildman–Crippen MR) is 60.6 cm³/mol. The van der Waals surface area contributed by atoms with E-state index in [1.54, 1.807) is 24.5 Å². The standard InChI is InChI=1S/C9H7ClOS2/c1-11-8-7(12)4-6(10)5-2-3-13-9(5)8/h2-4,12H,1H3. The van der Waals surface area contributed by atoms with Gasteiger partial charge in [0.2, 0.25) is 0 Å². The Hall–Kier alpha value is -0.380. The van der Waals surface area contributed by atoms with Crippen molar-refractivity contribution in [2.45, 2.75) is 4.90 Å². The maximum atomic E-state index is 6.03. The third-order valence-electron chi connectivity index (χ3n) is 1.83. The van der Waals surface area contributed by atoms with Crippen LogP contribution in [-0.4, -0.2) is 7.11 Å². The number of hydrogen-bond acceptors (Lipinski definition) is 3. The molecule has 0 aliphatic carbocycles. The van der Waals surface area contributed by atoms with Gasteiger partial charge in [-0.15, -0.1) is 24.0 Å². The van der Waals surface area contributed by atoms with Gasteiger partial charge in [-0.25, -0.2) is 0 Å². The second kappa shape index (κ2) is 3.40. The van der Waals surface area contributed by atoms with Crippen molar-refractivity contribution in [3.63, 3.8) is 0 Å². The van der Waals surface area contributed by atoms with Crippen LogP contribution >= 0.6 is 35.6 Å². The van der Waals surface area contributed by atoms with Gasteiger partial charge in [0.25, 0.3) is 0 Å². The fourth-order valence-electron chi connectivity index (χ4n) is 1.25. The van der Waals surface area contributed by atoms with E-state index in [2.05, 4.69) is 12.6 Å². The van der Waals surface area contributed by atoms with Gasteiger partial charge in [0.1, 0.15) is 5.75 Å². The molecule has 13 heavy (non-hydrogen) atoms. The predicted octanol–water partition coefficient (Wildman–Crippen LogP) is 3.85. The van der Waals surface area contributed by atoms with E-state index in [1.165, 1.54) is 0 Å². The van der Waals surface area contributed by atoms with Gasteiger partial charge in [0, 0.05) is 10.3 Å². The Bertz CT molecular complexity index is 450. The molecule has 0 spiro atoms. The van der Waals surface area contributed by atoms with Crippen molar-refractivity contribution in [1.29, 1.82) is 0 Å². The lowest BCUT2D eigenvalue weighted by Crippen LogP contribution is -1.84. The number of methoxy groups -OCH3 is 1. The molecule has 4 heteroatoms. The number of thiol groups is 1. The number of fused-ring (bicyclic) bond motifs is 1. The van der Waals surface area contributed by atoms with E-state index in [-0.39, 0.29) is 0 Å². The second-order valence-electron chi connectivity index (χ2n) is 2.57. The molecular formula is C9H7ClOS2. The highest BCUT2D eigenvalue weighted by Gasteiger charge is 2.10. The molecule has 0 aliphatic rings. The van der Waals surface area contributed by atoms with Gasteiger partial charge in [0.05, 0.1) is 16.8 Å². The quantitative estimate of drug-likeness (QED) is 0.733. The van der Waals surface area contributed by atoms with Crippen LogP contribution in [0.4, 0.5) is 0 Å². The molecule has 0 radical (unpaired) electrons. The van der Waals surface area contributed by atoms with Crippen LogP contribution in [0.1, 0.15) is 0 Å². The Morgan fingerprint density at radius 1 is 1.54 bits per heavy atom. The molecular weight excluding hydrogens is 224 g/mol. The van der Waals surface area contributed by atoms with Crippen molar-refractivity contribution in [3.05, 3.63) is 22.5 Å². The molecule has 0 atom stereocenters. The highest BCUT2D eigenvalue weighted by Crippen LogP contribution is 2.39. The third kappa shape index (κ3) is 1.41. The van der Waals surface area contributed by atoms with Crippen LogP contribution in [-0.2, 0) is 0 Å². The van der Waals surface area contributed by atoms with Crippen molar-refractivity contribution in [2.24, 2.45) is 0 Å². The summed E-state index contributed by atoms with van der Waals surface area (Å²) in [5, 5.41) is 3.75. The summed E-state index contributed by atoms with van der Waals surface area (Å²) in [6, 6.07) is 3.79. The van der Waals surface area contributed by atoms with Gasteiger partial charge in [-0.05, 0) is 17.5 Å². The van der Waals surface area contributed by atoms with Crippen molar-refractivity contribution in [1.82, 2.24) is 0 Å². The Labute approximate surface area is 90.7 Å². The van der Waals surface area contributed by atoms with Crippen LogP contribution in [0, 0.1) is 0 Å². The van der Waals surface area contributed by atoms with Crippen LogP contribution in [0.15, 0.2) is 22.4 Å².